The number of allylic oxidation sites excluding steroid dienone is 4. The van der Waals surface area contributed by atoms with Crippen molar-refractivity contribution < 1.29 is 28.6 Å². The van der Waals surface area contributed by atoms with Gasteiger partial charge in [-0.2, -0.15) is 0 Å². The molecule has 6 nitrogen and oxygen atoms in total. The lowest BCUT2D eigenvalue weighted by atomic mass is 10.0. The zero-order valence-corrected chi connectivity index (χ0v) is 38.1. The van der Waals surface area contributed by atoms with Crippen LogP contribution in [-0.4, -0.2) is 37.2 Å². The van der Waals surface area contributed by atoms with E-state index in [2.05, 4.69) is 45.1 Å². The first-order valence-corrected chi connectivity index (χ1v) is 24.8. The van der Waals surface area contributed by atoms with Gasteiger partial charge in [-0.05, 0) is 44.9 Å². The number of hydrogen-bond acceptors (Lipinski definition) is 6. The molecule has 0 radical (unpaired) electrons. The standard InChI is InChI=1S/C51H94O6/c1-4-7-10-13-16-19-22-25-27-29-32-35-38-41-44-50(53)56-47-48(46-55-49(52)43-40-37-34-31-28-24-21-18-15-12-9-6-3)57-51(54)45-42-39-36-33-30-26-23-20-17-14-11-8-5-2/h9,12,18,21,48H,4-8,10-11,13-17,19-20,22-47H2,1-3H3/b12-9-,21-18-. The molecular formula is C51H94O6. The minimum absolute atomic E-state index is 0.0710. The van der Waals surface area contributed by atoms with Gasteiger partial charge in [-0.3, -0.25) is 14.4 Å². The Labute approximate surface area is 353 Å². The molecule has 0 aromatic heterocycles. The molecule has 0 heterocycles. The molecule has 1 atom stereocenters. The summed E-state index contributed by atoms with van der Waals surface area (Å²) in [5.74, 6) is -0.875. The Morgan fingerprint density at radius 2 is 0.684 bits per heavy atom. The number of rotatable bonds is 45. The summed E-state index contributed by atoms with van der Waals surface area (Å²) in [6, 6.07) is 0. The third-order valence-electron chi connectivity index (χ3n) is 11.0. The highest BCUT2D eigenvalue weighted by atomic mass is 16.6. The fourth-order valence-electron chi connectivity index (χ4n) is 7.25. The van der Waals surface area contributed by atoms with Gasteiger partial charge in [0.2, 0.25) is 0 Å². The van der Waals surface area contributed by atoms with E-state index in [0.29, 0.717) is 19.3 Å². The van der Waals surface area contributed by atoms with Crippen LogP contribution in [0, 0.1) is 0 Å². The first kappa shape index (κ1) is 54.9. The maximum atomic E-state index is 12.8. The van der Waals surface area contributed by atoms with Crippen molar-refractivity contribution in [2.24, 2.45) is 0 Å². The Hall–Kier alpha value is -2.11. The van der Waals surface area contributed by atoms with E-state index in [1.807, 2.05) is 0 Å². The number of esters is 3. The van der Waals surface area contributed by atoms with Gasteiger partial charge < -0.3 is 14.2 Å². The molecule has 0 aliphatic carbocycles. The van der Waals surface area contributed by atoms with Gasteiger partial charge in [0.05, 0.1) is 0 Å². The molecule has 0 aliphatic rings. The smallest absolute Gasteiger partial charge is 0.306 e. The molecule has 0 saturated heterocycles. The molecule has 0 saturated carbocycles. The molecule has 0 amide bonds. The average Bonchev–Trinajstić information content (AvgIpc) is 3.21. The van der Waals surface area contributed by atoms with Crippen molar-refractivity contribution >= 4 is 17.9 Å². The zero-order chi connectivity index (χ0) is 41.5. The second kappa shape index (κ2) is 46.6. The SMILES string of the molecule is CC/C=C\C/C=C\CCCCCCCC(=O)OCC(COC(=O)CCCCCCCCCCCCCCCC)OC(=O)CCCCCCCCCCCCCCC. The quantitative estimate of drug-likeness (QED) is 0.0264. The van der Waals surface area contributed by atoms with Gasteiger partial charge in [0.15, 0.2) is 6.10 Å². The van der Waals surface area contributed by atoms with Crippen molar-refractivity contribution in [3.05, 3.63) is 24.3 Å². The minimum atomic E-state index is -0.769. The number of carbonyl (C=O) groups excluding carboxylic acids is 3. The molecule has 0 fully saturated rings. The summed E-state index contributed by atoms with van der Waals surface area (Å²) >= 11 is 0. The fourth-order valence-corrected chi connectivity index (χ4v) is 7.25. The summed E-state index contributed by atoms with van der Waals surface area (Å²) in [7, 11) is 0. The van der Waals surface area contributed by atoms with E-state index in [-0.39, 0.29) is 31.1 Å². The predicted octanol–water partition coefficient (Wildman–Crippen LogP) is 16.0. The van der Waals surface area contributed by atoms with Crippen LogP contribution in [0.5, 0.6) is 0 Å². The molecule has 0 aromatic rings. The summed E-state index contributed by atoms with van der Waals surface area (Å²) in [4.78, 5) is 37.8. The van der Waals surface area contributed by atoms with Gasteiger partial charge >= 0.3 is 17.9 Å². The van der Waals surface area contributed by atoms with Gasteiger partial charge in [0.25, 0.3) is 0 Å². The third kappa shape index (κ3) is 44.8. The van der Waals surface area contributed by atoms with Crippen molar-refractivity contribution in [2.45, 2.75) is 271 Å². The first-order chi connectivity index (χ1) is 28.0. The van der Waals surface area contributed by atoms with Gasteiger partial charge in [0.1, 0.15) is 13.2 Å². The van der Waals surface area contributed by atoms with Crippen LogP contribution in [-0.2, 0) is 28.6 Å². The molecule has 0 rings (SSSR count). The molecule has 57 heavy (non-hydrogen) atoms. The number of carbonyl (C=O) groups is 3. The molecule has 0 bridgehead atoms. The van der Waals surface area contributed by atoms with Crippen molar-refractivity contribution in [1.29, 1.82) is 0 Å². The van der Waals surface area contributed by atoms with Gasteiger partial charge in [0, 0.05) is 19.3 Å². The van der Waals surface area contributed by atoms with Gasteiger partial charge in [-0.1, -0.05) is 225 Å². The third-order valence-corrected chi connectivity index (χ3v) is 11.0. The Bertz CT molecular complexity index is 927. The number of hydrogen-bond donors (Lipinski definition) is 0. The molecule has 6 heteroatoms. The topological polar surface area (TPSA) is 78.9 Å². The monoisotopic (exact) mass is 803 g/mol. The van der Waals surface area contributed by atoms with Crippen molar-refractivity contribution in [1.82, 2.24) is 0 Å². The normalized spacial score (nSPS) is 12.1. The Balaban J connectivity index is 4.34. The number of unbranched alkanes of at least 4 members (excludes halogenated alkanes) is 30. The van der Waals surface area contributed by atoms with E-state index >= 15 is 0 Å². The van der Waals surface area contributed by atoms with Crippen LogP contribution < -0.4 is 0 Å². The molecule has 0 spiro atoms. The maximum Gasteiger partial charge on any atom is 0.306 e. The number of ether oxygens (including phenoxy) is 3. The highest BCUT2D eigenvalue weighted by Gasteiger charge is 2.19. The van der Waals surface area contributed by atoms with Crippen LogP contribution in [0.15, 0.2) is 24.3 Å². The van der Waals surface area contributed by atoms with Crippen LogP contribution >= 0.6 is 0 Å². The second-order valence-corrected chi connectivity index (χ2v) is 16.7. The van der Waals surface area contributed by atoms with Crippen molar-refractivity contribution in [3.63, 3.8) is 0 Å². The van der Waals surface area contributed by atoms with E-state index in [1.54, 1.807) is 0 Å². The molecule has 334 valence electrons. The maximum absolute atomic E-state index is 12.8. The van der Waals surface area contributed by atoms with E-state index in [4.69, 9.17) is 14.2 Å². The second-order valence-electron chi connectivity index (χ2n) is 16.7. The molecule has 0 aromatic carbocycles. The highest BCUT2D eigenvalue weighted by molar-refractivity contribution is 5.71. The zero-order valence-electron chi connectivity index (χ0n) is 38.1. The summed E-state index contributed by atoms with van der Waals surface area (Å²) in [6.45, 7) is 6.54. The Morgan fingerprint density at radius 1 is 0.368 bits per heavy atom. The molecular weight excluding hydrogens is 709 g/mol. The van der Waals surface area contributed by atoms with E-state index in [1.165, 1.54) is 141 Å². The predicted molar refractivity (Wildman–Crippen MR) is 243 cm³/mol. The summed E-state index contributed by atoms with van der Waals surface area (Å²) < 4.78 is 16.8. The Morgan fingerprint density at radius 3 is 1.05 bits per heavy atom. The lowest BCUT2D eigenvalue weighted by Gasteiger charge is -2.18. The van der Waals surface area contributed by atoms with E-state index < -0.39 is 6.10 Å². The van der Waals surface area contributed by atoms with Gasteiger partial charge in [-0.25, -0.2) is 0 Å². The minimum Gasteiger partial charge on any atom is -0.462 e. The molecule has 0 N–H and O–H groups in total. The van der Waals surface area contributed by atoms with Crippen molar-refractivity contribution in [2.75, 3.05) is 13.2 Å². The van der Waals surface area contributed by atoms with Crippen molar-refractivity contribution in [3.8, 4) is 0 Å². The van der Waals surface area contributed by atoms with Crippen LogP contribution in [0.1, 0.15) is 265 Å². The van der Waals surface area contributed by atoms with Crippen LogP contribution in [0.2, 0.25) is 0 Å². The van der Waals surface area contributed by atoms with Gasteiger partial charge in [-0.15, -0.1) is 0 Å². The summed E-state index contributed by atoms with van der Waals surface area (Å²) in [6.07, 6.45) is 51.6. The first-order valence-electron chi connectivity index (χ1n) is 24.8. The highest BCUT2D eigenvalue weighted by Crippen LogP contribution is 2.16. The largest absolute Gasteiger partial charge is 0.462 e. The lowest BCUT2D eigenvalue weighted by Crippen LogP contribution is -2.30. The molecule has 1 unspecified atom stereocenters. The molecule has 0 aliphatic heterocycles. The van der Waals surface area contributed by atoms with Crippen LogP contribution in [0.3, 0.4) is 0 Å². The average molecular weight is 803 g/mol. The van der Waals surface area contributed by atoms with E-state index in [0.717, 1.165) is 83.5 Å². The van der Waals surface area contributed by atoms with Crippen LogP contribution in [0.4, 0.5) is 0 Å². The Kier molecular flexibility index (Phi) is 44.9. The summed E-state index contributed by atoms with van der Waals surface area (Å²) in [5.41, 5.74) is 0. The van der Waals surface area contributed by atoms with E-state index in [9.17, 15) is 14.4 Å². The summed E-state index contributed by atoms with van der Waals surface area (Å²) in [5, 5.41) is 0. The van der Waals surface area contributed by atoms with Crippen LogP contribution in [0.25, 0.3) is 0 Å². The fraction of sp³-hybridized carbons (Fsp3) is 0.863. The lowest BCUT2D eigenvalue weighted by molar-refractivity contribution is -0.167.